The Kier molecular flexibility index (Phi) is 1.23. The molecule has 1 nitrogen and oxygen atoms in total. The summed E-state index contributed by atoms with van der Waals surface area (Å²) >= 11 is 0. The average molecular weight is 160 g/mol. The lowest BCUT2D eigenvalue weighted by atomic mass is 10.1. The summed E-state index contributed by atoms with van der Waals surface area (Å²) in [5.74, 6) is 2.03. The minimum Gasteiger partial charge on any atom is -0.493 e. The molecule has 2 aliphatic rings. The molecule has 1 aliphatic heterocycles. The van der Waals surface area contributed by atoms with Crippen LogP contribution in [0.15, 0.2) is 18.2 Å². The van der Waals surface area contributed by atoms with Crippen LogP contribution >= 0.6 is 0 Å². The van der Waals surface area contributed by atoms with E-state index in [1.165, 1.54) is 29.7 Å². The molecule has 0 amide bonds. The van der Waals surface area contributed by atoms with Gasteiger partial charge in [-0.25, -0.2) is 0 Å². The number of ether oxygens (including phenoxy) is 1. The Hall–Kier alpha value is -0.980. The van der Waals surface area contributed by atoms with Crippen molar-refractivity contribution in [3.05, 3.63) is 29.3 Å². The van der Waals surface area contributed by atoms with Gasteiger partial charge in [-0.05, 0) is 29.9 Å². The number of rotatable bonds is 1. The highest BCUT2D eigenvalue weighted by Gasteiger charge is 2.29. The van der Waals surface area contributed by atoms with Gasteiger partial charge in [0, 0.05) is 6.42 Å². The van der Waals surface area contributed by atoms with Gasteiger partial charge in [-0.3, -0.25) is 0 Å². The molecule has 0 N–H and O–H groups in total. The van der Waals surface area contributed by atoms with Crippen LogP contribution in [0.25, 0.3) is 0 Å². The van der Waals surface area contributed by atoms with Crippen molar-refractivity contribution in [3.8, 4) is 5.75 Å². The van der Waals surface area contributed by atoms with Crippen molar-refractivity contribution in [1.82, 2.24) is 0 Å². The van der Waals surface area contributed by atoms with Gasteiger partial charge in [-0.1, -0.05) is 18.2 Å². The molecule has 1 fully saturated rings. The predicted molar refractivity (Wildman–Crippen MR) is 47.6 cm³/mol. The number of hydrogen-bond donors (Lipinski definition) is 0. The molecule has 0 atom stereocenters. The van der Waals surface area contributed by atoms with Crippen LogP contribution in [0.1, 0.15) is 29.9 Å². The van der Waals surface area contributed by atoms with Crippen LogP contribution in [-0.2, 0) is 6.42 Å². The molecule has 0 unspecified atom stereocenters. The van der Waals surface area contributed by atoms with Crippen molar-refractivity contribution < 1.29 is 4.74 Å². The van der Waals surface area contributed by atoms with E-state index in [1.54, 1.807) is 0 Å². The lowest BCUT2D eigenvalue weighted by Crippen LogP contribution is -1.89. The standard InChI is InChI=1S/C11H12O/c1-2-9-6-7-12-11(9)10(3-1)8-4-5-8/h1-3,8H,4-7H2. The normalized spacial score (nSPS) is 20.3. The van der Waals surface area contributed by atoms with Crippen LogP contribution in [0, 0.1) is 0 Å². The number of hydrogen-bond acceptors (Lipinski definition) is 1. The van der Waals surface area contributed by atoms with E-state index in [1.807, 2.05) is 0 Å². The first kappa shape index (κ1) is 6.53. The summed E-state index contributed by atoms with van der Waals surface area (Å²) in [6.07, 6.45) is 3.83. The second-order valence-corrected chi connectivity index (χ2v) is 3.71. The number of fused-ring (bicyclic) bond motifs is 1. The minimum atomic E-state index is 0.818. The second kappa shape index (κ2) is 2.25. The molecule has 1 saturated carbocycles. The molecule has 1 heteroatoms. The Morgan fingerprint density at radius 2 is 2.17 bits per heavy atom. The fourth-order valence-electron chi connectivity index (χ4n) is 1.96. The molecule has 1 aliphatic carbocycles. The van der Waals surface area contributed by atoms with E-state index in [9.17, 15) is 0 Å². The lowest BCUT2D eigenvalue weighted by Gasteiger charge is -2.05. The maximum Gasteiger partial charge on any atom is 0.126 e. The molecule has 0 saturated heterocycles. The van der Waals surface area contributed by atoms with Crippen molar-refractivity contribution in [2.24, 2.45) is 0 Å². The SMILES string of the molecule is c1cc2c(c(C3CC3)c1)OCC2. The van der Waals surface area contributed by atoms with Crippen LogP contribution in [0.2, 0.25) is 0 Å². The summed E-state index contributed by atoms with van der Waals surface area (Å²) in [7, 11) is 0. The topological polar surface area (TPSA) is 9.23 Å². The highest BCUT2D eigenvalue weighted by Crippen LogP contribution is 2.46. The van der Waals surface area contributed by atoms with Crippen LogP contribution in [0.4, 0.5) is 0 Å². The van der Waals surface area contributed by atoms with E-state index in [-0.39, 0.29) is 0 Å². The maximum absolute atomic E-state index is 5.63. The Balaban J connectivity index is 2.12. The van der Waals surface area contributed by atoms with Crippen molar-refractivity contribution in [3.63, 3.8) is 0 Å². The summed E-state index contributed by atoms with van der Waals surface area (Å²) in [6.45, 7) is 0.888. The maximum atomic E-state index is 5.63. The van der Waals surface area contributed by atoms with Crippen LogP contribution in [0.3, 0.4) is 0 Å². The summed E-state index contributed by atoms with van der Waals surface area (Å²) in [5.41, 5.74) is 2.88. The average Bonchev–Trinajstić information content (AvgIpc) is 2.82. The monoisotopic (exact) mass is 160 g/mol. The highest BCUT2D eigenvalue weighted by molar-refractivity contribution is 5.47. The van der Waals surface area contributed by atoms with Gasteiger partial charge in [0.25, 0.3) is 0 Å². The molecule has 1 heterocycles. The van der Waals surface area contributed by atoms with Crippen LogP contribution < -0.4 is 4.74 Å². The van der Waals surface area contributed by atoms with Gasteiger partial charge >= 0.3 is 0 Å². The molecule has 62 valence electrons. The van der Waals surface area contributed by atoms with Crippen LogP contribution in [0.5, 0.6) is 5.75 Å². The molecule has 1 aromatic rings. The molecule has 0 spiro atoms. The van der Waals surface area contributed by atoms with Crippen molar-refractivity contribution >= 4 is 0 Å². The number of para-hydroxylation sites is 1. The van der Waals surface area contributed by atoms with E-state index >= 15 is 0 Å². The molecule has 0 aromatic heterocycles. The molecule has 0 radical (unpaired) electrons. The van der Waals surface area contributed by atoms with Gasteiger partial charge in [0.05, 0.1) is 6.61 Å². The first-order valence-electron chi connectivity index (χ1n) is 4.70. The van der Waals surface area contributed by atoms with Crippen LogP contribution in [-0.4, -0.2) is 6.61 Å². The zero-order chi connectivity index (χ0) is 7.97. The summed E-state index contributed by atoms with van der Waals surface area (Å²) < 4.78 is 5.63. The first-order valence-corrected chi connectivity index (χ1v) is 4.70. The molecule has 12 heavy (non-hydrogen) atoms. The van der Waals surface area contributed by atoms with Crippen molar-refractivity contribution in [2.75, 3.05) is 6.61 Å². The Morgan fingerprint density at radius 1 is 1.25 bits per heavy atom. The summed E-state index contributed by atoms with van der Waals surface area (Å²) in [5, 5.41) is 0. The third kappa shape index (κ3) is 0.857. The quantitative estimate of drug-likeness (QED) is 0.613. The second-order valence-electron chi connectivity index (χ2n) is 3.71. The molecule has 0 bridgehead atoms. The summed E-state index contributed by atoms with van der Waals surface area (Å²) in [6, 6.07) is 6.58. The van der Waals surface area contributed by atoms with Gasteiger partial charge in [0.2, 0.25) is 0 Å². The smallest absolute Gasteiger partial charge is 0.126 e. The third-order valence-electron chi connectivity index (χ3n) is 2.76. The number of benzene rings is 1. The van der Waals surface area contributed by atoms with Gasteiger partial charge in [0.1, 0.15) is 5.75 Å². The fraction of sp³-hybridized carbons (Fsp3) is 0.455. The fourth-order valence-corrected chi connectivity index (χ4v) is 1.96. The van der Waals surface area contributed by atoms with E-state index in [4.69, 9.17) is 4.74 Å². The Bertz CT molecular complexity index is 313. The van der Waals surface area contributed by atoms with Gasteiger partial charge < -0.3 is 4.74 Å². The van der Waals surface area contributed by atoms with E-state index in [0.29, 0.717) is 0 Å². The molecular weight excluding hydrogens is 148 g/mol. The lowest BCUT2D eigenvalue weighted by molar-refractivity contribution is 0.353. The van der Waals surface area contributed by atoms with Gasteiger partial charge in [0.15, 0.2) is 0 Å². The molecule has 3 rings (SSSR count). The first-order chi connectivity index (χ1) is 5.95. The largest absolute Gasteiger partial charge is 0.493 e. The predicted octanol–water partition coefficient (Wildman–Crippen LogP) is 2.50. The Morgan fingerprint density at radius 3 is 3.00 bits per heavy atom. The van der Waals surface area contributed by atoms with Gasteiger partial charge in [-0.15, -0.1) is 0 Å². The van der Waals surface area contributed by atoms with E-state index in [0.717, 1.165) is 18.9 Å². The molecule has 1 aromatic carbocycles. The summed E-state index contributed by atoms with van der Waals surface area (Å²) in [4.78, 5) is 0. The zero-order valence-electron chi connectivity index (χ0n) is 7.05. The van der Waals surface area contributed by atoms with Gasteiger partial charge in [-0.2, -0.15) is 0 Å². The minimum absolute atomic E-state index is 0.818. The van der Waals surface area contributed by atoms with E-state index < -0.39 is 0 Å². The Labute approximate surface area is 72.4 Å². The highest BCUT2D eigenvalue weighted by atomic mass is 16.5. The molecular formula is C11H12O. The zero-order valence-corrected chi connectivity index (χ0v) is 7.05. The third-order valence-corrected chi connectivity index (χ3v) is 2.76. The van der Waals surface area contributed by atoms with E-state index in [2.05, 4.69) is 18.2 Å². The van der Waals surface area contributed by atoms with Crippen molar-refractivity contribution in [2.45, 2.75) is 25.2 Å². The van der Waals surface area contributed by atoms with Crippen molar-refractivity contribution in [1.29, 1.82) is 0 Å².